The Balaban J connectivity index is 2.34. The van der Waals surface area contributed by atoms with Crippen LogP contribution in [-0.4, -0.2) is 23.5 Å². The number of nitrogens with one attached hydrogen (secondary N) is 1. The first-order chi connectivity index (χ1) is 8.44. The van der Waals surface area contributed by atoms with Crippen molar-refractivity contribution >= 4 is 16.9 Å². The molecule has 1 rings (SSSR count). The second kappa shape index (κ2) is 7.42. The summed E-state index contributed by atoms with van der Waals surface area (Å²) in [6.45, 7) is 12.4. The molecule has 0 radical (unpaired) electrons. The standard InChI is InChI=1S/C15H30N2S/c1-6-7-8-9-15(4,5)11-16-14-17-13(10-18-14)12(2)3/h12-13H,6-11H2,1-5H3,(H,16,17). The summed E-state index contributed by atoms with van der Waals surface area (Å²) in [4.78, 5) is 4.77. The van der Waals surface area contributed by atoms with Gasteiger partial charge in [-0.15, -0.1) is 0 Å². The van der Waals surface area contributed by atoms with Gasteiger partial charge in [0, 0.05) is 18.3 Å². The van der Waals surface area contributed by atoms with Gasteiger partial charge in [-0.05, 0) is 17.8 Å². The van der Waals surface area contributed by atoms with E-state index < -0.39 is 0 Å². The van der Waals surface area contributed by atoms with Crippen LogP contribution in [0.2, 0.25) is 0 Å². The maximum atomic E-state index is 4.77. The summed E-state index contributed by atoms with van der Waals surface area (Å²) >= 11 is 1.89. The van der Waals surface area contributed by atoms with Gasteiger partial charge >= 0.3 is 0 Å². The molecule has 18 heavy (non-hydrogen) atoms. The molecule has 106 valence electrons. The quantitative estimate of drug-likeness (QED) is 0.697. The number of nitrogens with zero attached hydrogens (tertiary/aromatic N) is 1. The molecule has 1 unspecified atom stereocenters. The fraction of sp³-hybridized carbons (Fsp3) is 0.933. The zero-order chi connectivity index (χ0) is 13.6. The Hall–Kier alpha value is -0.180. The van der Waals surface area contributed by atoms with Crippen LogP contribution in [0.5, 0.6) is 0 Å². The molecule has 1 heterocycles. The third kappa shape index (κ3) is 5.64. The molecule has 1 saturated heterocycles. The van der Waals surface area contributed by atoms with Gasteiger partial charge in [0.2, 0.25) is 0 Å². The molecule has 0 aromatic rings. The zero-order valence-corrected chi connectivity index (χ0v) is 13.6. The Bertz CT molecular complexity index is 272. The summed E-state index contributed by atoms with van der Waals surface area (Å²) < 4.78 is 0. The minimum absolute atomic E-state index is 0.348. The summed E-state index contributed by atoms with van der Waals surface area (Å²) in [7, 11) is 0. The van der Waals surface area contributed by atoms with Crippen molar-refractivity contribution in [2.45, 2.75) is 66.3 Å². The highest BCUT2D eigenvalue weighted by molar-refractivity contribution is 8.14. The van der Waals surface area contributed by atoms with Gasteiger partial charge in [-0.3, -0.25) is 4.99 Å². The van der Waals surface area contributed by atoms with Crippen molar-refractivity contribution in [2.75, 3.05) is 12.3 Å². The fourth-order valence-electron chi connectivity index (χ4n) is 2.08. The van der Waals surface area contributed by atoms with Gasteiger partial charge in [0.05, 0.1) is 0 Å². The molecule has 3 heteroatoms. The molecule has 0 aromatic carbocycles. The van der Waals surface area contributed by atoms with Crippen LogP contribution in [0.25, 0.3) is 0 Å². The molecule has 0 aromatic heterocycles. The minimum Gasteiger partial charge on any atom is -0.361 e. The van der Waals surface area contributed by atoms with E-state index in [1.165, 1.54) is 31.4 Å². The number of hydrogen-bond donors (Lipinski definition) is 1. The molecule has 0 aliphatic carbocycles. The lowest BCUT2D eigenvalue weighted by atomic mass is 9.87. The largest absolute Gasteiger partial charge is 0.361 e. The van der Waals surface area contributed by atoms with Crippen molar-refractivity contribution in [3.63, 3.8) is 0 Å². The molecule has 1 aliphatic rings. The third-order valence-electron chi connectivity index (χ3n) is 3.62. The van der Waals surface area contributed by atoms with Gasteiger partial charge in [0.25, 0.3) is 0 Å². The van der Waals surface area contributed by atoms with E-state index in [9.17, 15) is 0 Å². The first-order valence-corrected chi connectivity index (χ1v) is 8.37. The second-order valence-corrected chi connectivity index (χ2v) is 7.56. The Morgan fingerprint density at radius 1 is 1.39 bits per heavy atom. The number of rotatable bonds is 7. The summed E-state index contributed by atoms with van der Waals surface area (Å²) in [5, 5.41) is 4.71. The van der Waals surface area contributed by atoms with Crippen molar-refractivity contribution < 1.29 is 0 Å². The molecule has 0 amide bonds. The Labute approximate surface area is 117 Å². The summed E-state index contributed by atoms with van der Waals surface area (Å²) in [6, 6.07) is 0.608. The number of hydrogen-bond acceptors (Lipinski definition) is 2. The number of unbranched alkanes of at least 4 members (excludes halogenated alkanes) is 2. The van der Waals surface area contributed by atoms with E-state index in [0.29, 0.717) is 17.4 Å². The molecular formula is C15H30N2S. The third-order valence-corrected chi connectivity index (χ3v) is 4.67. The maximum Gasteiger partial charge on any atom is 0.156 e. The highest BCUT2D eigenvalue weighted by Gasteiger charge is 2.24. The van der Waals surface area contributed by atoms with E-state index in [1.807, 2.05) is 11.8 Å². The average Bonchev–Trinajstić information content (AvgIpc) is 2.75. The van der Waals surface area contributed by atoms with Gasteiger partial charge in [-0.1, -0.05) is 65.6 Å². The van der Waals surface area contributed by atoms with Gasteiger partial charge < -0.3 is 5.32 Å². The van der Waals surface area contributed by atoms with Crippen LogP contribution in [0.3, 0.4) is 0 Å². The van der Waals surface area contributed by atoms with Crippen LogP contribution in [0.15, 0.2) is 4.99 Å². The topological polar surface area (TPSA) is 24.4 Å². The van der Waals surface area contributed by atoms with Crippen molar-refractivity contribution in [1.82, 2.24) is 5.32 Å². The van der Waals surface area contributed by atoms with E-state index in [-0.39, 0.29) is 0 Å². The predicted octanol–water partition coefficient (Wildman–Crippen LogP) is 4.31. The summed E-state index contributed by atoms with van der Waals surface area (Å²) in [6.07, 6.45) is 5.28. The van der Waals surface area contributed by atoms with Gasteiger partial charge in [0.1, 0.15) is 0 Å². The summed E-state index contributed by atoms with van der Waals surface area (Å²) in [5.74, 6) is 1.87. The van der Waals surface area contributed by atoms with Crippen LogP contribution in [0, 0.1) is 11.3 Å². The average molecular weight is 270 g/mol. The van der Waals surface area contributed by atoms with Gasteiger partial charge in [0.15, 0.2) is 5.17 Å². The van der Waals surface area contributed by atoms with E-state index in [4.69, 9.17) is 4.99 Å². The molecule has 1 aliphatic heterocycles. The van der Waals surface area contributed by atoms with E-state index >= 15 is 0 Å². The van der Waals surface area contributed by atoms with Gasteiger partial charge in [-0.25, -0.2) is 0 Å². The minimum atomic E-state index is 0.348. The first kappa shape index (κ1) is 15.9. The van der Waals surface area contributed by atoms with Crippen LogP contribution in [0.4, 0.5) is 0 Å². The van der Waals surface area contributed by atoms with Crippen LogP contribution < -0.4 is 5.32 Å². The van der Waals surface area contributed by atoms with Crippen LogP contribution in [0.1, 0.15) is 60.3 Å². The Morgan fingerprint density at radius 2 is 2.11 bits per heavy atom. The normalized spacial score (nSPS) is 22.8. The van der Waals surface area contributed by atoms with Crippen molar-refractivity contribution in [1.29, 1.82) is 0 Å². The van der Waals surface area contributed by atoms with Crippen LogP contribution in [-0.2, 0) is 0 Å². The van der Waals surface area contributed by atoms with Crippen molar-refractivity contribution in [2.24, 2.45) is 16.3 Å². The second-order valence-electron chi connectivity index (χ2n) is 6.55. The first-order valence-electron chi connectivity index (χ1n) is 7.38. The molecule has 0 spiro atoms. The highest BCUT2D eigenvalue weighted by Crippen LogP contribution is 2.26. The molecule has 0 saturated carbocycles. The molecule has 1 atom stereocenters. The zero-order valence-electron chi connectivity index (χ0n) is 12.8. The molecule has 1 N–H and O–H groups in total. The summed E-state index contributed by atoms with van der Waals surface area (Å²) in [5.41, 5.74) is 0.348. The Kier molecular flexibility index (Phi) is 6.54. The fourth-order valence-corrected chi connectivity index (χ4v) is 3.28. The number of thioether (sulfide) groups is 1. The highest BCUT2D eigenvalue weighted by atomic mass is 32.2. The monoisotopic (exact) mass is 270 g/mol. The maximum absolute atomic E-state index is 4.77. The molecule has 1 fully saturated rings. The van der Waals surface area contributed by atoms with E-state index in [1.54, 1.807) is 0 Å². The lowest BCUT2D eigenvalue weighted by Crippen LogP contribution is -2.32. The lowest BCUT2D eigenvalue weighted by Gasteiger charge is -2.22. The van der Waals surface area contributed by atoms with E-state index in [0.717, 1.165) is 11.7 Å². The van der Waals surface area contributed by atoms with Gasteiger partial charge in [-0.2, -0.15) is 0 Å². The van der Waals surface area contributed by atoms with Crippen molar-refractivity contribution in [3.05, 3.63) is 0 Å². The van der Waals surface area contributed by atoms with Crippen LogP contribution >= 0.6 is 11.8 Å². The smallest absolute Gasteiger partial charge is 0.156 e. The van der Waals surface area contributed by atoms with E-state index in [2.05, 4.69) is 39.9 Å². The number of amidine groups is 1. The molecule has 0 bridgehead atoms. The molecular weight excluding hydrogens is 240 g/mol. The Morgan fingerprint density at radius 3 is 2.67 bits per heavy atom. The number of aliphatic imine (C=N–C) groups is 1. The van der Waals surface area contributed by atoms with Crippen molar-refractivity contribution in [3.8, 4) is 0 Å². The lowest BCUT2D eigenvalue weighted by molar-refractivity contribution is 0.333. The SMILES string of the molecule is CCCCCC(C)(C)CN=C1NC(C(C)C)CS1. The molecule has 2 nitrogen and oxygen atoms in total. The predicted molar refractivity (Wildman–Crippen MR) is 84.4 cm³/mol.